The van der Waals surface area contributed by atoms with E-state index in [0.29, 0.717) is 41.8 Å². The minimum atomic E-state index is 0.0963. The fourth-order valence-corrected chi connectivity index (χ4v) is 4.78. The van der Waals surface area contributed by atoms with Gasteiger partial charge in [0.25, 0.3) is 0 Å². The van der Waals surface area contributed by atoms with Gasteiger partial charge in [0, 0.05) is 50.7 Å². The maximum Gasteiger partial charge on any atom is 0.233 e. The summed E-state index contributed by atoms with van der Waals surface area (Å²) in [7, 11) is 1.76. The van der Waals surface area contributed by atoms with Gasteiger partial charge in [0.1, 0.15) is 11.6 Å². The van der Waals surface area contributed by atoms with Crippen molar-refractivity contribution >= 4 is 23.5 Å². The molecule has 1 aliphatic heterocycles. The van der Waals surface area contributed by atoms with Crippen LogP contribution in [0.5, 0.6) is 11.6 Å². The lowest BCUT2D eigenvalue weighted by Gasteiger charge is -2.18. The van der Waals surface area contributed by atoms with E-state index in [2.05, 4.69) is 56.0 Å². The van der Waals surface area contributed by atoms with E-state index in [1.165, 1.54) is 11.8 Å². The topological polar surface area (TPSA) is 125 Å². The molecular weight excluding hydrogens is 538 g/mol. The Kier molecular flexibility index (Phi) is 11.2. The van der Waals surface area contributed by atoms with Crippen LogP contribution in [0.3, 0.4) is 0 Å². The zero-order valence-electron chi connectivity index (χ0n) is 25.4. The normalized spacial score (nSPS) is 18.7. The second-order valence-corrected chi connectivity index (χ2v) is 10.6. The standard InChI is InChI=1S/C34H41N7O2/c1-5-31(42)39-21-25-12-10-23(2)18-26(8-6-15-37-17-14-25)27-13-11-24(3)30(19-27)43-34-29(20-35)33(36-4)40-32(41-34)28-9-7-16-38-22-28/h6-9,11,13,15-16,18-20,22,25,35,37H,5,10,12,14,17,21H2,1-4H3,(H,39,42)(H,36,40,41)/b15-6+,23-18-,26-8+,35-20?. The Balaban J connectivity index is 1.64. The molecule has 0 saturated heterocycles. The van der Waals surface area contributed by atoms with E-state index in [1.54, 1.807) is 19.4 Å². The van der Waals surface area contributed by atoms with Crippen molar-refractivity contribution in [3.63, 3.8) is 0 Å². The van der Waals surface area contributed by atoms with Crippen LogP contribution in [0.1, 0.15) is 56.2 Å². The minimum Gasteiger partial charge on any atom is -0.438 e. The molecule has 1 unspecified atom stereocenters. The quantitative estimate of drug-likeness (QED) is 0.215. The lowest BCUT2D eigenvalue weighted by atomic mass is 9.94. The summed E-state index contributed by atoms with van der Waals surface area (Å²) in [6, 6.07) is 9.85. The van der Waals surface area contributed by atoms with Crippen LogP contribution in [0, 0.1) is 18.3 Å². The van der Waals surface area contributed by atoms with Crippen LogP contribution in [-0.2, 0) is 4.79 Å². The van der Waals surface area contributed by atoms with Gasteiger partial charge < -0.3 is 26.1 Å². The first-order chi connectivity index (χ1) is 20.9. The van der Waals surface area contributed by atoms with Crippen LogP contribution < -0.4 is 20.7 Å². The third kappa shape index (κ3) is 8.61. The molecule has 1 aromatic carbocycles. The van der Waals surface area contributed by atoms with Crippen molar-refractivity contribution in [2.45, 2.75) is 46.5 Å². The molecule has 0 aliphatic carbocycles. The first-order valence-electron chi connectivity index (χ1n) is 14.8. The molecule has 4 N–H and O–H groups in total. The minimum absolute atomic E-state index is 0.0963. The molecule has 9 nitrogen and oxygen atoms in total. The number of aryl methyl sites for hydroxylation is 1. The fraction of sp³-hybridized carbons (Fsp3) is 0.324. The number of pyridine rings is 1. The highest BCUT2D eigenvalue weighted by Gasteiger charge is 2.17. The Morgan fingerprint density at radius 3 is 2.79 bits per heavy atom. The summed E-state index contributed by atoms with van der Waals surface area (Å²) in [6.45, 7) is 7.58. The van der Waals surface area contributed by atoms with E-state index in [9.17, 15) is 4.79 Å². The molecule has 1 aliphatic rings. The number of ether oxygens (including phenoxy) is 1. The number of anilines is 1. The van der Waals surface area contributed by atoms with Crippen molar-refractivity contribution in [2.75, 3.05) is 25.5 Å². The van der Waals surface area contributed by atoms with E-state index in [-0.39, 0.29) is 11.8 Å². The summed E-state index contributed by atoms with van der Waals surface area (Å²) in [5, 5.41) is 17.6. The van der Waals surface area contributed by atoms with Crippen LogP contribution in [0.25, 0.3) is 17.0 Å². The van der Waals surface area contributed by atoms with Gasteiger partial charge in [0.2, 0.25) is 11.8 Å². The van der Waals surface area contributed by atoms with Crippen molar-refractivity contribution in [3.8, 4) is 23.0 Å². The molecule has 224 valence electrons. The number of nitrogens with zero attached hydrogens (tertiary/aromatic N) is 3. The van der Waals surface area contributed by atoms with Crippen molar-refractivity contribution in [3.05, 3.63) is 89.4 Å². The van der Waals surface area contributed by atoms with Crippen molar-refractivity contribution in [2.24, 2.45) is 5.92 Å². The predicted molar refractivity (Wildman–Crippen MR) is 173 cm³/mol. The number of hydrogen-bond acceptors (Lipinski definition) is 8. The maximum absolute atomic E-state index is 11.8. The summed E-state index contributed by atoms with van der Waals surface area (Å²) >= 11 is 0. The smallest absolute Gasteiger partial charge is 0.233 e. The monoisotopic (exact) mass is 579 g/mol. The number of amides is 1. The van der Waals surface area contributed by atoms with Gasteiger partial charge in [-0.25, -0.2) is 4.98 Å². The molecule has 0 saturated carbocycles. The zero-order valence-corrected chi connectivity index (χ0v) is 25.4. The van der Waals surface area contributed by atoms with Gasteiger partial charge in [0.15, 0.2) is 5.82 Å². The van der Waals surface area contributed by atoms with Crippen LogP contribution in [-0.4, -0.2) is 47.2 Å². The van der Waals surface area contributed by atoms with E-state index in [4.69, 9.17) is 10.1 Å². The van der Waals surface area contributed by atoms with Crippen molar-refractivity contribution in [1.82, 2.24) is 25.6 Å². The Labute approximate surface area is 254 Å². The Hall–Kier alpha value is -4.79. The molecule has 3 heterocycles. The van der Waals surface area contributed by atoms with E-state index < -0.39 is 0 Å². The zero-order chi connectivity index (χ0) is 30.6. The first-order valence-corrected chi connectivity index (χ1v) is 14.8. The molecule has 0 radical (unpaired) electrons. The average molecular weight is 580 g/mol. The Morgan fingerprint density at radius 1 is 1.19 bits per heavy atom. The molecule has 9 heteroatoms. The molecule has 43 heavy (non-hydrogen) atoms. The third-order valence-electron chi connectivity index (χ3n) is 7.38. The molecule has 0 fully saturated rings. The molecular formula is C34H41N7O2. The molecule has 3 aromatic rings. The summed E-state index contributed by atoms with van der Waals surface area (Å²) < 4.78 is 6.43. The summed E-state index contributed by atoms with van der Waals surface area (Å²) in [5.41, 5.74) is 5.47. The first kappa shape index (κ1) is 31.2. The number of allylic oxidation sites excluding steroid dienone is 5. The number of rotatable bonds is 9. The molecule has 0 bridgehead atoms. The van der Waals surface area contributed by atoms with Crippen molar-refractivity contribution in [1.29, 1.82) is 5.41 Å². The fourth-order valence-electron chi connectivity index (χ4n) is 4.78. The highest BCUT2D eigenvalue weighted by atomic mass is 16.5. The molecule has 4 rings (SSSR count). The highest BCUT2D eigenvalue weighted by Crippen LogP contribution is 2.33. The SMILES string of the molecule is CCC(=O)NCC1CCN/C=C/C=C(c2ccc(C)c(Oc3nc(-c4cccnc4)nc(NC)c3C=N)c2)\C=C(\C)CC1. The Bertz CT molecular complexity index is 1510. The number of carbonyl (C=O) groups excluding carboxylic acids is 1. The van der Waals surface area contributed by atoms with Gasteiger partial charge in [-0.3, -0.25) is 9.78 Å². The van der Waals surface area contributed by atoms with Gasteiger partial charge in [-0.15, -0.1) is 0 Å². The lowest BCUT2D eigenvalue weighted by Crippen LogP contribution is -2.30. The molecule has 2 aromatic heterocycles. The summed E-state index contributed by atoms with van der Waals surface area (Å²) in [4.78, 5) is 25.3. The van der Waals surface area contributed by atoms with Crippen LogP contribution >= 0.6 is 0 Å². The average Bonchev–Trinajstić information content (AvgIpc) is 3.03. The van der Waals surface area contributed by atoms with E-state index in [1.807, 2.05) is 50.4 Å². The highest BCUT2D eigenvalue weighted by molar-refractivity contribution is 5.88. The predicted octanol–water partition coefficient (Wildman–Crippen LogP) is 6.44. The Morgan fingerprint density at radius 2 is 2.05 bits per heavy atom. The molecule has 0 spiro atoms. The maximum atomic E-state index is 11.8. The van der Waals surface area contributed by atoms with E-state index >= 15 is 0 Å². The number of benzene rings is 1. The summed E-state index contributed by atoms with van der Waals surface area (Å²) in [5.74, 6) is 2.39. The van der Waals surface area contributed by atoms with Crippen LogP contribution in [0.4, 0.5) is 5.82 Å². The largest absolute Gasteiger partial charge is 0.438 e. The van der Waals surface area contributed by atoms with Crippen LogP contribution in [0.15, 0.2) is 72.7 Å². The molecule has 1 amide bonds. The lowest BCUT2D eigenvalue weighted by molar-refractivity contribution is -0.120. The third-order valence-corrected chi connectivity index (χ3v) is 7.38. The number of nitrogens with one attached hydrogen (secondary N) is 4. The van der Waals surface area contributed by atoms with Crippen LogP contribution in [0.2, 0.25) is 0 Å². The number of aromatic nitrogens is 3. The van der Waals surface area contributed by atoms with Gasteiger partial charge in [-0.05, 0) is 86.2 Å². The number of carbonyl (C=O) groups is 1. The second kappa shape index (κ2) is 15.4. The van der Waals surface area contributed by atoms with Gasteiger partial charge in [0.05, 0.1) is 5.56 Å². The summed E-state index contributed by atoms with van der Waals surface area (Å²) in [6.07, 6.45) is 16.3. The van der Waals surface area contributed by atoms with Gasteiger partial charge in [-0.1, -0.05) is 36.8 Å². The van der Waals surface area contributed by atoms with Gasteiger partial charge in [-0.2, -0.15) is 4.98 Å². The van der Waals surface area contributed by atoms with Crippen molar-refractivity contribution < 1.29 is 9.53 Å². The van der Waals surface area contributed by atoms with Gasteiger partial charge >= 0.3 is 0 Å². The molecule has 1 atom stereocenters. The second-order valence-electron chi connectivity index (χ2n) is 10.6. The number of hydrogen-bond donors (Lipinski definition) is 4. The van der Waals surface area contributed by atoms with E-state index in [0.717, 1.165) is 48.1 Å².